The largest absolute Gasteiger partial charge is 0.496 e. The van der Waals surface area contributed by atoms with Gasteiger partial charge < -0.3 is 10.5 Å². The minimum absolute atomic E-state index is 0.237. The maximum Gasteiger partial charge on any atom is 0.125 e. The summed E-state index contributed by atoms with van der Waals surface area (Å²) in [6.07, 6.45) is 0. The Hall–Kier alpha value is -1.39. The number of benzene rings is 2. The molecular weight excluding hydrogens is 321 g/mol. The van der Waals surface area contributed by atoms with Gasteiger partial charge in [0, 0.05) is 10.0 Å². The summed E-state index contributed by atoms with van der Waals surface area (Å²) < 4.78 is 19.7. The first-order valence-corrected chi connectivity index (χ1v) is 7.09. The third-order valence-electron chi connectivity index (χ3n) is 3.40. The minimum atomic E-state index is -0.348. The lowest BCUT2D eigenvalue weighted by molar-refractivity contribution is 0.407. The van der Waals surface area contributed by atoms with E-state index in [1.807, 2.05) is 32.0 Å². The van der Waals surface area contributed by atoms with Crippen molar-refractivity contribution in [2.45, 2.75) is 19.9 Å². The van der Waals surface area contributed by atoms with Gasteiger partial charge in [-0.1, -0.05) is 22.0 Å². The van der Waals surface area contributed by atoms with Gasteiger partial charge in [-0.15, -0.1) is 0 Å². The molecule has 0 fully saturated rings. The van der Waals surface area contributed by atoms with E-state index in [1.165, 1.54) is 12.1 Å². The quantitative estimate of drug-likeness (QED) is 0.907. The molecule has 0 amide bonds. The molecule has 2 aromatic rings. The summed E-state index contributed by atoms with van der Waals surface area (Å²) in [5, 5.41) is 0. The van der Waals surface area contributed by atoms with Crippen LogP contribution in [0.15, 0.2) is 34.8 Å². The predicted molar refractivity (Wildman–Crippen MR) is 82.6 cm³/mol. The van der Waals surface area contributed by atoms with Gasteiger partial charge in [0.15, 0.2) is 0 Å². The van der Waals surface area contributed by atoms with Crippen molar-refractivity contribution in [2.75, 3.05) is 7.11 Å². The van der Waals surface area contributed by atoms with Gasteiger partial charge in [0.2, 0.25) is 0 Å². The average Bonchev–Trinajstić information content (AvgIpc) is 2.37. The van der Waals surface area contributed by atoms with Crippen molar-refractivity contribution in [1.82, 2.24) is 0 Å². The molecule has 106 valence electrons. The summed E-state index contributed by atoms with van der Waals surface area (Å²) >= 11 is 3.41. The first kappa shape index (κ1) is 15.0. The zero-order valence-electron chi connectivity index (χ0n) is 11.7. The van der Waals surface area contributed by atoms with Gasteiger partial charge in [0.05, 0.1) is 13.2 Å². The van der Waals surface area contributed by atoms with Gasteiger partial charge >= 0.3 is 0 Å². The van der Waals surface area contributed by atoms with Gasteiger partial charge in [-0.25, -0.2) is 4.39 Å². The number of nitrogens with two attached hydrogens (primary N) is 1. The number of methoxy groups -OCH3 is 1. The van der Waals surface area contributed by atoms with Crippen LogP contribution in [0.5, 0.6) is 5.75 Å². The van der Waals surface area contributed by atoms with E-state index in [0.29, 0.717) is 0 Å². The zero-order chi connectivity index (χ0) is 14.9. The SMILES string of the molecule is COc1cc(Br)ccc1C(N)c1c(C)cc(F)cc1C. The first-order valence-electron chi connectivity index (χ1n) is 6.29. The van der Waals surface area contributed by atoms with Crippen LogP contribution in [0.1, 0.15) is 28.3 Å². The fourth-order valence-electron chi connectivity index (χ4n) is 2.51. The highest BCUT2D eigenvalue weighted by atomic mass is 79.9. The Morgan fingerprint density at radius 1 is 1.15 bits per heavy atom. The van der Waals surface area contributed by atoms with Crippen LogP contribution in [-0.4, -0.2) is 7.11 Å². The second-order valence-electron chi connectivity index (χ2n) is 4.82. The Morgan fingerprint density at radius 2 is 1.75 bits per heavy atom. The summed E-state index contributed by atoms with van der Waals surface area (Å²) in [6, 6.07) is 8.39. The van der Waals surface area contributed by atoms with Crippen LogP contribution in [0, 0.1) is 19.7 Å². The lowest BCUT2D eigenvalue weighted by Gasteiger charge is -2.20. The predicted octanol–water partition coefficient (Wildman–Crippen LogP) is 4.26. The number of aryl methyl sites for hydroxylation is 2. The van der Waals surface area contributed by atoms with Gasteiger partial charge in [0.25, 0.3) is 0 Å². The van der Waals surface area contributed by atoms with E-state index in [1.54, 1.807) is 7.11 Å². The van der Waals surface area contributed by atoms with Crippen LogP contribution in [0.4, 0.5) is 4.39 Å². The number of hydrogen-bond donors (Lipinski definition) is 1. The van der Waals surface area contributed by atoms with Crippen molar-refractivity contribution in [3.8, 4) is 5.75 Å². The van der Waals surface area contributed by atoms with Crippen molar-refractivity contribution >= 4 is 15.9 Å². The molecule has 1 unspecified atom stereocenters. The van der Waals surface area contributed by atoms with Crippen LogP contribution in [0.3, 0.4) is 0 Å². The molecule has 0 aliphatic rings. The molecule has 0 saturated carbocycles. The van der Waals surface area contributed by atoms with E-state index in [2.05, 4.69) is 15.9 Å². The third kappa shape index (κ3) is 2.86. The molecule has 2 aromatic carbocycles. The second-order valence-corrected chi connectivity index (χ2v) is 5.73. The molecular formula is C16H17BrFNO. The van der Waals surface area contributed by atoms with Gasteiger partial charge in [-0.3, -0.25) is 0 Å². The summed E-state index contributed by atoms with van der Waals surface area (Å²) in [7, 11) is 1.61. The molecule has 0 aliphatic heterocycles. The van der Waals surface area contributed by atoms with Crippen LogP contribution in [0.2, 0.25) is 0 Å². The third-order valence-corrected chi connectivity index (χ3v) is 3.89. The average molecular weight is 338 g/mol. The summed E-state index contributed by atoms with van der Waals surface area (Å²) in [5.74, 6) is 0.480. The Balaban J connectivity index is 2.54. The highest BCUT2D eigenvalue weighted by Gasteiger charge is 2.18. The topological polar surface area (TPSA) is 35.2 Å². The second kappa shape index (κ2) is 5.94. The van der Waals surface area contributed by atoms with Crippen molar-refractivity contribution in [2.24, 2.45) is 5.73 Å². The fraction of sp³-hybridized carbons (Fsp3) is 0.250. The number of rotatable bonds is 3. The van der Waals surface area contributed by atoms with E-state index in [9.17, 15) is 4.39 Å². The van der Waals surface area contributed by atoms with Crippen molar-refractivity contribution in [1.29, 1.82) is 0 Å². The molecule has 0 aliphatic carbocycles. The van der Waals surface area contributed by atoms with Crippen LogP contribution < -0.4 is 10.5 Å². The fourth-order valence-corrected chi connectivity index (χ4v) is 2.85. The van der Waals surface area contributed by atoms with Gasteiger partial charge in [-0.2, -0.15) is 0 Å². The van der Waals surface area contributed by atoms with Gasteiger partial charge in [0.1, 0.15) is 11.6 Å². The lowest BCUT2D eigenvalue weighted by Crippen LogP contribution is -2.16. The normalized spacial score (nSPS) is 12.3. The Labute approximate surface area is 126 Å². The zero-order valence-corrected chi connectivity index (χ0v) is 13.3. The molecule has 1 atom stereocenters. The molecule has 4 heteroatoms. The maximum atomic E-state index is 13.4. The lowest BCUT2D eigenvalue weighted by atomic mass is 9.91. The first-order chi connectivity index (χ1) is 9.43. The molecule has 2 rings (SSSR count). The van der Waals surface area contributed by atoms with E-state index in [4.69, 9.17) is 10.5 Å². The van der Waals surface area contributed by atoms with Crippen molar-refractivity contribution < 1.29 is 9.13 Å². The molecule has 2 nitrogen and oxygen atoms in total. The maximum absolute atomic E-state index is 13.4. The van der Waals surface area contributed by atoms with E-state index in [0.717, 1.165) is 32.5 Å². The van der Waals surface area contributed by atoms with Crippen LogP contribution >= 0.6 is 15.9 Å². The number of ether oxygens (including phenoxy) is 1. The Morgan fingerprint density at radius 3 is 2.30 bits per heavy atom. The van der Waals surface area contributed by atoms with E-state index < -0.39 is 0 Å². The molecule has 0 radical (unpaired) electrons. The molecule has 0 saturated heterocycles. The van der Waals surface area contributed by atoms with Gasteiger partial charge in [-0.05, 0) is 54.8 Å². The Bertz CT molecular complexity index is 619. The smallest absolute Gasteiger partial charge is 0.125 e. The molecule has 0 spiro atoms. The number of hydrogen-bond acceptors (Lipinski definition) is 2. The van der Waals surface area contributed by atoms with Crippen LogP contribution in [-0.2, 0) is 0 Å². The molecule has 0 aromatic heterocycles. The Kier molecular flexibility index (Phi) is 4.45. The summed E-state index contributed by atoms with van der Waals surface area (Å²) in [6.45, 7) is 3.74. The standard InChI is InChI=1S/C16H17BrFNO/c1-9-6-12(18)7-10(2)15(9)16(19)13-5-4-11(17)8-14(13)20-3/h4-8,16H,19H2,1-3H3. The monoisotopic (exact) mass is 337 g/mol. The number of halogens is 2. The molecule has 0 bridgehead atoms. The van der Waals surface area contributed by atoms with E-state index >= 15 is 0 Å². The highest BCUT2D eigenvalue weighted by Crippen LogP contribution is 2.33. The molecule has 20 heavy (non-hydrogen) atoms. The van der Waals surface area contributed by atoms with Crippen molar-refractivity contribution in [3.05, 3.63) is 62.9 Å². The van der Waals surface area contributed by atoms with Crippen molar-refractivity contribution in [3.63, 3.8) is 0 Å². The summed E-state index contributed by atoms with van der Waals surface area (Å²) in [4.78, 5) is 0. The summed E-state index contributed by atoms with van der Waals surface area (Å²) in [5.41, 5.74) is 9.89. The molecule has 2 N–H and O–H groups in total. The van der Waals surface area contributed by atoms with E-state index in [-0.39, 0.29) is 11.9 Å². The molecule has 0 heterocycles. The highest BCUT2D eigenvalue weighted by molar-refractivity contribution is 9.10. The minimum Gasteiger partial charge on any atom is -0.496 e. The van der Waals surface area contributed by atoms with Crippen LogP contribution in [0.25, 0.3) is 0 Å².